The Labute approximate surface area is 123 Å². The van der Waals surface area contributed by atoms with Gasteiger partial charge in [0, 0.05) is 25.8 Å². The number of halogens is 1. The number of carbonyl (C=O) groups is 1. The van der Waals surface area contributed by atoms with E-state index in [4.69, 9.17) is 11.6 Å². The molecule has 5 nitrogen and oxygen atoms in total. The summed E-state index contributed by atoms with van der Waals surface area (Å²) in [6.45, 7) is 5.47. The number of likely N-dealkylation sites (tertiary alicyclic amines) is 1. The molecule has 1 fully saturated rings. The van der Waals surface area contributed by atoms with Crippen LogP contribution in [0.25, 0.3) is 0 Å². The maximum atomic E-state index is 12.5. The third kappa shape index (κ3) is 3.41. The molecule has 0 aliphatic carbocycles. The zero-order valence-electron chi connectivity index (χ0n) is 11.8. The van der Waals surface area contributed by atoms with Crippen LogP contribution in [0.4, 0.5) is 5.82 Å². The SMILES string of the molecule is CCCNc1cc(C(=O)N2CCC(C)(O)C2)c(Cl)cn1. The van der Waals surface area contributed by atoms with E-state index in [0.717, 1.165) is 13.0 Å². The fourth-order valence-corrected chi connectivity index (χ4v) is 2.43. The predicted octanol–water partition coefficient (Wildman–Crippen LogP) is 2.15. The van der Waals surface area contributed by atoms with E-state index in [0.29, 0.717) is 35.9 Å². The molecule has 0 radical (unpaired) electrons. The summed E-state index contributed by atoms with van der Waals surface area (Å²) in [7, 11) is 0. The number of rotatable bonds is 4. The number of aliphatic hydroxyl groups is 1. The zero-order valence-corrected chi connectivity index (χ0v) is 12.6. The molecule has 1 aliphatic rings. The molecule has 2 heterocycles. The highest BCUT2D eigenvalue weighted by molar-refractivity contribution is 6.33. The second-order valence-electron chi connectivity index (χ2n) is 5.45. The van der Waals surface area contributed by atoms with E-state index < -0.39 is 5.60 Å². The third-order valence-corrected chi connectivity index (χ3v) is 3.68. The van der Waals surface area contributed by atoms with Gasteiger partial charge in [0.15, 0.2) is 0 Å². The number of β-amino-alcohol motifs (C(OH)–C–C–N with tert-alkyl or cyclic N) is 1. The Morgan fingerprint density at radius 2 is 2.40 bits per heavy atom. The lowest BCUT2D eigenvalue weighted by Crippen LogP contribution is -2.34. The van der Waals surface area contributed by atoms with Gasteiger partial charge in [-0.3, -0.25) is 4.79 Å². The standard InChI is InChI=1S/C14H20ClN3O2/c1-3-5-16-12-7-10(11(15)8-17-12)13(19)18-6-4-14(2,20)9-18/h7-8,20H,3-6,9H2,1-2H3,(H,16,17). The van der Waals surface area contributed by atoms with Crippen LogP contribution < -0.4 is 5.32 Å². The van der Waals surface area contributed by atoms with Gasteiger partial charge in [-0.1, -0.05) is 18.5 Å². The van der Waals surface area contributed by atoms with Crippen LogP contribution in [-0.4, -0.2) is 46.1 Å². The van der Waals surface area contributed by atoms with Gasteiger partial charge in [0.1, 0.15) is 5.82 Å². The molecule has 110 valence electrons. The van der Waals surface area contributed by atoms with Crippen LogP contribution in [0, 0.1) is 0 Å². The third-order valence-electron chi connectivity index (χ3n) is 3.38. The first-order valence-electron chi connectivity index (χ1n) is 6.84. The number of aromatic nitrogens is 1. The molecule has 1 aromatic rings. The molecule has 20 heavy (non-hydrogen) atoms. The molecule has 1 unspecified atom stereocenters. The minimum Gasteiger partial charge on any atom is -0.388 e. The van der Waals surface area contributed by atoms with Gasteiger partial charge in [-0.2, -0.15) is 0 Å². The van der Waals surface area contributed by atoms with Gasteiger partial charge in [-0.15, -0.1) is 0 Å². The molecule has 0 bridgehead atoms. The first kappa shape index (κ1) is 15.1. The molecular weight excluding hydrogens is 278 g/mol. The topological polar surface area (TPSA) is 65.5 Å². The predicted molar refractivity (Wildman–Crippen MR) is 79.2 cm³/mol. The van der Waals surface area contributed by atoms with Gasteiger partial charge >= 0.3 is 0 Å². The molecule has 2 N–H and O–H groups in total. The van der Waals surface area contributed by atoms with Crippen LogP contribution >= 0.6 is 11.6 Å². The van der Waals surface area contributed by atoms with Crippen molar-refractivity contribution >= 4 is 23.3 Å². The van der Waals surface area contributed by atoms with Crippen molar-refractivity contribution in [2.24, 2.45) is 0 Å². The fraction of sp³-hybridized carbons (Fsp3) is 0.571. The Morgan fingerprint density at radius 1 is 1.65 bits per heavy atom. The van der Waals surface area contributed by atoms with E-state index in [1.807, 2.05) is 0 Å². The number of hydrogen-bond acceptors (Lipinski definition) is 4. The number of pyridine rings is 1. The molecule has 1 atom stereocenters. The molecule has 0 spiro atoms. The first-order chi connectivity index (χ1) is 9.43. The molecule has 1 saturated heterocycles. The maximum absolute atomic E-state index is 12.5. The van der Waals surface area contributed by atoms with E-state index in [-0.39, 0.29) is 5.91 Å². The molecule has 1 aromatic heterocycles. The quantitative estimate of drug-likeness (QED) is 0.894. The van der Waals surface area contributed by atoms with Gasteiger partial charge < -0.3 is 15.3 Å². The largest absolute Gasteiger partial charge is 0.388 e. The van der Waals surface area contributed by atoms with Crippen molar-refractivity contribution in [2.45, 2.75) is 32.3 Å². The normalized spacial score (nSPS) is 22.1. The van der Waals surface area contributed by atoms with Crippen LogP contribution in [0.5, 0.6) is 0 Å². The minimum absolute atomic E-state index is 0.158. The van der Waals surface area contributed by atoms with Crippen molar-refractivity contribution < 1.29 is 9.90 Å². The number of nitrogens with zero attached hydrogens (tertiary/aromatic N) is 2. The Bertz CT molecular complexity index is 505. The van der Waals surface area contributed by atoms with Crippen molar-refractivity contribution in [3.05, 3.63) is 22.8 Å². The summed E-state index contributed by atoms with van der Waals surface area (Å²) in [5.74, 6) is 0.486. The van der Waals surface area contributed by atoms with Gasteiger partial charge in [-0.25, -0.2) is 4.98 Å². The van der Waals surface area contributed by atoms with Gasteiger partial charge in [-0.05, 0) is 25.8 Å². The lowest BCUT2D eigenvalue weighted by atomic mass is 10.1. The highest BCUT2D eigenvalue weighted by Gasteiger charge is 2.34. The van der Waals surface area contributed by atoms with E-state index in [1.54, 1.807) is 17.9 Å². The van der Waals surface area contributed by atoms with Crippen molar-refractivity contribution in [1.82, 2.24) is 9.88 Å². The smallest absolute Gasteiger partial charge is 0.255 e. The van der Waals surface area contributed by atoms with Crippen LogP contribution in [0.2, 0.25) is 5.02 Å². The Balaban J connectivity index is 2.16. The fourth-order valence-electron chi connectivity index (χ4n) is 2.24. The average molecular weight is 298 g/mol. The number of amides is 1. The van der Waals surface area contributed by atoms with E-state index in [2.05, 4.69) is 17.2 Å². The number of carbonyl (C=O) groups excluding carboxylic acids is 1. The minimum atomic E-state index is -0.807. The van der Waals surface area contributed by atoms with Gasteiger partial charge in [0.05, 0.1) is 16.2 Å². The van der Waals surface area contributed by atoms with Crippen LogP contribution in [0.15, 0.2) is 12.3 Å². The van der Waals surface area contributed by atoms with Crippen molar-refractivity contribution in [3.8, 4) is 0 Å². The summed E-state index contributed by atoms with van der Waals surface area (Å²) in [4.78, 5) is 18.2. The van der Waals surface area contributed by atoms with Crippen molar-refractivity contribution in [2.75, 3.05) is 25.0 Å². The molecule has 0 aromatic carbocycles. The first-order valence-corrected chi connectivity index (χ1v) is 7.22. The van der Waals surface area contributed by atoms with Crippen LogP contribution in [0.3, 0.4) is 0 Å². The second-order valence-corrected chi connectivity index (χ2v) is 5.86. The zero-order chi connectivity index (χ0) is 14.8. The van der Waals surface area contributed by atoms with E-state index in [1.165, 1.54) is 6.20 Å². The summed E-state index contributed by atoms with van der Waals surface area (Å²) in [6.07, 6.45) is 3.05. The molecular formula is C14H20ClN3O2. The summed E-state index contributed by atoms with van der Waals surface area (Å²) in [5.41, 5.74) is -0.378. The van der Waals surface area contributed by atoms with Crippen molar-refractivity contribution in [3.63, 3.8) is 0 Å². The Kier molecular flexibility index (Phi) is 4.50. The summed E-state index contributed by atoms with van der Waals surface area (Å²) < 4.78 is 0. The summed E-state index contributed by atoms with van der Waals surface area (Å²) in [5, 5.41) is 13.4. The van der Waals surface area contributed by atoms with Gasteiger partial charge in [0.25, 0.3) is 5.91 Å². The lowest BCUT2D eigenvalue weighted by Gasteiger charge is -2.19. The number of anilines is 1. The van der Waals surface area contributed by atoms with E-state index >= 15 is 0 Å². The number of hydrogen-bond donors (Lipinski definition) is 2. The highest BCUT2D eigenvalue weighted by Crippen LogP contribution is 2.25. The summed E-state index contributed by atoms with van der Waals surface area (Å²) >= 11 is 6.07. The summed E-state index contributed by atoms with van der Waals surface area (Å²) in [6, 6.07) is 1.67. The molecule has 1 amide bonds. The Morgan fingerprint density at radius 3 is 3.00 bits per heavy atom. The van der Waals surface area contributed by atoms with Crippen LogP contribution in [-0.2, 0) is 0 Å². The average Bonchev–Trinajstić information content (AvgIpc) is 2.77. The Hall–Kier alpha value is -1.33. The number of nitrogens with one attached hydrogen (secondary N) is 1. The molecule has 0 saturated carbocycles. The lowest BCUT2D eigenvalue weighted by molar-refractivity contribution is 0.0572. The van der Waals surface area contributed by atoms with E-state index in [9.17, 15) is 9.90 Å². The molecule has 1 aliphatic heterocycles. The molecule has 6 heteroatoms. The monoisotopic (exact) mass is 297 g/mol. The molecule has 2 rings (SSSR count). The second kappa shape index (κ2) is 5.97. The highest BCUT2D eigenvalue weighted by atomic mass is 35.5. The van der Waals surface area contributed by atoms with Crippen molar-refractivity contribution in [1.29, 1.82) is 0 Å². The maximum Gasteiger partial charge on any atom is 0.255 e. The van der Waals surface area contributed by atoms with Gasteiger partial charge in [0.2, 0.25) is 0 Å². The van der Waals surface area contributed by atoms with Crippen LogP contribution in [0.1, 0.15) is 37.0 Å².